The molecule has 0 unspecified atom stereocenters. The first-order valence-corrected chi connectivity index (χ1v) is 4.69. The predicted molar refractivity (Wildman–Crippen MR) is 55.6 cm³/mol. The van der Waals surface area contributed by atoms with Crippen molar-refractivity contribution in [3.05, 3.63) is 22.3 Å². The molecule has 0 heterocycles. The molecule has 0 atom stereocenters. The molecule has 0 fully saturated rings. The van der Waals surface area contributed by atoms with Crippen molar-refractivity contribution < 1.29 is 20.1 Å². The van der Waals surface area contributed by atoms with Crippen LogP contribution in [-0.4, -0.2) is 21.3 Å². The van der Waals surface area contributed by atoms with Gasteiger partial charge in [0.2, 0.25) is 0 Å². The summed E-state index contributed by atoms with van der Waals surface area (Å²) < 4.78 is 0. The van der Waals surface area contributed by atoms with Gasteiger partial charge in [-0.25, -0.2) is 4.79 Å². The Morgan fingerprint density at radius 1 is 1.13 bits per heavy atom. The molecular formula is C11H14O4. The minimum atomic E-state index is -1.17. The number of hydrogen-bond acceptors (Lipinski definition) is 3. The second-order valence-electron chi connectivity index (χ2n) is 3.46. The minimum absolute atomic E-state index is 0.0330. The Morgan fingerprint density at radius 2 is 1.67 bits per heavy atom. The van der Waals surface area contributed by atoms with E-state index in [1.54, 1.807) is 13.8 Å². The van der Waals surface area contributed by atoms with Crippen LogP contribution in [0.2, 0.25) is 0 Å². The number of benzene rings is 1. The number of aromatic hydroxyl groups is 2. The number of phenolic OH excluding ortho intramolecular Hbond substituents is 1. The van der Waals surface area contributed by atoms with Gasteiger partial charge in [0.15, 0.2) is 0 Å². The average Bonchev–Trinajstić information content (AvgIpc) is 2.19. The number of hydrogen-bond donors (Lipinski definition) is 3. The van der Waals surface area contributed by atoms with Crippen molar-refractivity contribution in [3.8, 4) is 11.5 Å². The van der Waals surface area contributed by atoms with Crippen LogP contribution in [0.5, 0.6) is 11.5 Å². The first-order valence-electron chi connectivity index (χ1n) is 4.69. The van der Waals surface area contributed by atoms with Crippen molar-refractivity contribution in [1.29, 1.82) is 0 Å². The van der Waals surface area contributed by atoms with Crippen molar-refractivity contribution in [1.82, 2.24) is 0 Å². The third kappa shape index (κ3) is 1.63. The maximum absolute atomic E-state index is 11.0. The maximum Gasteiger partial charge on any atom is 0.339 e. The highest BCUT2D eigenvalue weighted by atomic mass is 16.4. The van der Waals surface area contributed by atoms with Gasteiger partial charge in [0.25, 0.3) is 0 Å². The fraction of sp³-hybridized carbons (Fsp3) is 0.364. The van der Waals surface area contributed by atoms with Gasteiger partial charge in [0, 0.05) is 5.56 Å². The number of aromatic carboxylic acids is 1. The van der Waals surface area contributed by atoms with Crippen molar-refractivity contribution in [2.45, 2.75) is 27.2 Å². The van der Waals surface area contributed by atoms with Crippen LogP contribution in [0.1, 0.15) is 34.0 Å². The fourth-order valence-electron chi connectivity index (χ4n) is 1.73. The van der Waals surface area contributed by atoms with E-state index in [0.29, 0.717) is 17.5 Å². The zero-order valence-corrected chi connectivity index (χ0v) is 8.96. The van der Waals surface area contributed by atoms with Crippen molar-refractivity contribution in [3.63, 3.8) is 0 Å². The number of rotatable bonds is 2. The smallest absolute Gasteiger partial charge is 0.339 e. The third-order valence-electron chi connectivity index (χ3n) is 2.62. The maximum atomic E-state index is 11.0. The average molecular weight is 210 g/mol. The van der Waals surface area contributed by atoms with Crippen LogP contribution in [0.15, 0.2) is 0 Å². The fourth-order valence-corrected chi connectivity index (χ4v) is 1.73. The number of carboxylic acids is 1. The molecule has 0 radical (unpaired) electrons. The summed E-state index contributed by atoms with van der Waals surface area (Å²) in [5.74, 6) is -1.55. The Hall–Kier alpha value is -1.71. The highest BCUT2D eigenvalue weighted by molar-refractivity contribution is 5.94. The molecule has 0 saturated carbocycles. The number of phenols is 2. The van der Waals surface area contributed by atoms with E-state index in [2.05, 4.69) is 0 Å². The topological polar surface area (TPSA) is 77.8 Å². The SMILES string of the molecule is CCc1c(C)c(O)c(C)c(O)c1C(=O)O. The summed E-state index contributed by atoms with van der Waals surface area (Å²) in [5, 5.41) is 28.3. The van der Waals surface area contributed by atoms with Crippen molar-refractivity contribution >= 4 is 5.97 Å². The molecule has 4 nitrogen and oxygen atoms in total. The van der Waals surface area contributed by atoms with E-state index >= 15 is 0 Å². The van der Waals surface area contributed by atoms with Gasteiger partial charge in [-0.15, -0.1) is 0 Å². The second kappa shape index (κ2) is 3.81. The third-order valence-corrected chi connectivity index (χ3v) is 2.62. The summed E-state index contributed by atoms with van der Waals surface area (Å²) in [6.45, 7) is 4.92. The summed E-state index contributed by atoms with van der Waals surface area (Å²) in [4.78, 5) is 11.0. The Balaban J connectivity index is 3.70. The highest BCUT2D eigenvalue weighted by Crippen LogP contribution is 2.36. The van der Waals surface area contributed by atoms with E-state index in [4.69, 9.17) is 5.11 Å². The summed E-state index contributed by atoms with van der Waals surface area (Å²) >= 11 is 0. The molecule has 0 bridgehead atoms. The lowest BCUT2D eigenvalue weighted by atomic mass is 9.94. The van der Waals surface area contributed by atoms with Gasteiger partial charge in [-0.05, 0) is 31.4 Å². The Labute approximate surface area is 87.8 Å². The van der Waals surface area contributed by atoms with E-state index in [0.717, 1.165) is 0 Å². The van der Waals surface area contributed by atoms with Gasteiger partial charge in [0.1, 0.15) is 17.1 Å². The van der Waals surface area contributed by atoms with Crippen LogP contribution >= 0.6 is 0 Å². The molecule has 3 N–H and O–H groups in total. The molecule has 0 aliphatic rings. The van der Waals surface area contributed by atoms with Gasteiger partial charge in [-0.1, -0.05) is 6.92 Å². The molecule has 1 aromatic rings. The monoisotopic (exact) mass is 210 g/mol. The molecular weight excluding hydrogens is 196 g/mol. The number of carboxylic acid groups (broad SMARTS) is 1. The van der Waals surface area contributed by atoms with Crippen molar-refractivity contribution in [2.24, 2.45) is 0 Å². The largest absolute Gasteiger partial charge is 0.507 e. The molecule has 0 aliphatic carbocycles. The second-order valence-corrected chi connectivity index (χ2v) is 3.46. The summed E-state index contributed by atoms with van der Waals surface area (Å²) in [7, 11) is 0. The van der Waals surface area contributed by atoms with Gasteiger partial charge in [-0.2, -0.15) is 0 Å². The quantitative estimate of drug-likeness (QED) is 0.697. The lowest BCUT2D eigenvalue weighted by Gasteiger charge is -2.14. The van der Waals surface area contributed by atoms with E-state index in [9.17, 15) is 15.0 Å². The lowest BCUT2D eigenvalue weighted by molar-refractivity contribution is 0.0692. The molecule has 0 spiro atoms. The van der Waals surface area contributed by atoms with Crippen LogP contribution in [0.25, 0.3) is 0 Å². The van der Waals surface area contributed by atoms with E-state index in [1.165, 1.54) is 6.92 Å². The van der Waals surface area contributed by atoms with E-state index in [-0.39, 0.29) is 22.6 Å². The standard InChI is InChI=1S/C11H14O4/c1-4-7-5(2)9(12)6(3)10(13)8(7)11(14)15/h12-13H,4H2,1-3H3,(H,14,15). The lowest BCUT2D eigenvalue weighted by Crippen LogP contribution is -2.06. The summed E-state index contributed by atoms with van der Waals surface area (Å²) in [6, 6.07) is 0. The van der Waals surface area contributed by atoms with Crippen LogP contribution in [0, 0.1) is 13.8 Å². The minimum Gasteiger partial charge on any atom is -0.507 e. The molecule has 0 amide bonds. The molecule has 0 aromatic heterocycles. The normalized spacial score (nSPS) is 10.3. The summed E-state index contributed by atoms with van der Waals surface area (Å²) in [6.07, 6.45) is 0.453. The van der Waals surface area contributed by atoms with Gasteiger partial charge in [0.05, 0.1) is 0 Å². The Bertz CT molecular complexity index is 421. The molecule has 82 valence electrons. The van der Waals surface area contributed by atoms with Crippen molar-refractivity contribution in [2.75, 3.05) is 0 Å². The molecule has 1 rings (SSSR count). The van der Waals surface area contributed by atoms with Crippen LogP contribution < -0.4 is 0 Å². The highest BCUT2D eigenvalue weighted by Gasteiger charge is 2.22. The molecule has 4 heteroatoms. The first-order chi connectivity index (χ1) is 6.91. The molecule has 0 saturated heterocycles. The Morgan fingerprint density at radius 3 is 2.07 bits per heavy atom. The molecule has 1 aromatic carbocycles. The predicted octanol–water partition coefficient (Wildman–Crippen LogP) is 1.98. The number of carbonyl (C=O) groups is 1. The van der Waals surface area contributed by atoms with Crippen LogP contribution in [0.3, 0.4) is 0 Å². The van der Waals surface area contributed by atoms with Gasteiger partial charge in [-0.3, -0.25) is 0 Å². The molecule has 0 aliphatic heterocycles. The van der Waals surface area contributed by atoms with Gasteiger partial charge < -0.3 is 15.3 Å². The Kier molecular flexibility index (Phi) is 2.88. The van der Waals surface area contributed by atoms with Crippen LogP contribution in [-0.2, 0) is 6.42 Å². The zero-order valence-electron chi connectivity index (χ0n) is 8.96. The first kappa shape index (κ1) is 11.4. The van der Waals surface area contributed by atoms with Crippen LogP contribution in [0.4, 0.5) is 0 Å². The molecule has 15 heavy (non-hydrogen) atoms. The van der Waals surface area contributed by atoms with E-state index < -0.39 is 5.97 Å². The van der Waals surface area contributed by atoms with Gasteiger partial charge >= 0.3 is 5.97 Å². The zero-order chi connectivity index (χ0) is 11.7. The van der Waals surface area contributed by atoms with E-state index in [1.807, 2.05) is 0 Å². The summed E-state index contributed by atoms with van der Waals surface area (Å²) in [5.41, 5.74) is 1.10.